The lowest BCUT2D eigenvalue weighted by atomic mass is 9.85. The maximum absolute atomic E-state index is 13.6. The molecule has 1 aromatic heterocycles. The Labute approximate surface area is 186 Å². The smallest absolute Gasteiger partial charge is 0.263 e. The largest absolute Gasteiger partial charge is 0.352 e. The van der Waals surface area contributed by atoms with Crippen LogP contribution in [-0.2, 0) is 9.59 Å². The molecule has 1 N–H and O–H groups in total. The maximum atomic E-state index is 13.6. The molecule has 164 valence electrons. The third kappa shape index (κ3) is 4.17. The monoisotopic (exact) mass is 440 g/mol. The highest BCUT2D eigenvalue weighted by Gasteiger charge is 2.54. The highest BCUT2D eigenvalue weighted by molar-refractivity contribution is 7.12. The van der Waals surface area contributed by atoms with Crippen molar-refractivity contribution in [2.24, 2.45) is 0 Å². The number of rotatable bonds is 5. The van der Waals surface area contributed by atoms with Crippen molar-refractivity contribution in [2.75, 3.05) is 31.2 Å². The molecule has 3 amide bonds. The number of amides is 3. The van der Waals surface area contributed by atoms with Crippen LogP contribution in [0.5, 0.6) is 0 Å². The summed E-state index contributed by atoms with van der Waals surface area (Å²) in [6.45, 7) is 5.24. The van der Waals surface area contributed by atoms with Crippen LogP contribution in [0.4, 0.5) is 5.69 Å². The van der Waals surface area contributed by atoms with Crippen molar-refractivity contribution in [1.82, 2.24) is 15.1 Å². The average molecular weight is 441 g/mol. The van der Waals surface area contributed by atoms with E-state index in [-0.39, 0.29) is 30.3 Å². The van der Waals surface area contributed by atoms with Gasteiger partial charge >= 0.3 is 0 Å². The summed E-state index contributed by atoms with van der Waals surface area (Å²) in [4.78, 5) is 45.1. The Morgan fingerprint density at radius 1 is 1.10 bits per heavy atom. The number of anilines is 1. The summed E-state index contributed by atoms with van der Waals surface area (Å²) in [6, 6.07) is 13.6. The van der Waals surface area contributed by atoms with Crippen LogP contribution in [0.15, 0.2) is 47.8 Å². The van der Waals surface area contributed by atoms with Crippen LogP contribution in [0.25, 0.3) is 0 Å². The first kappa shape index (κ1) is 21.4. The zero-order chi connectivity index (χ0) is 22.0. The number of likely N-dealkylation sites (tertiary alicyclic amines) is 1. The Morgan fingerprint density at radius 3 is 2.42 bits per heavy atom. The van der Waals surface area contributed by atoms with E-state index in [1.54, 1.807) is 4.90 Å². The fourth-order valence-corrected chi connectivity index (χ4v) is 5.19. The lowest BCUT2D eigenvalue weighted by molar-refractivity contribution is -0.137. The topological polar surface area (TPSA) is 73.0 Å². The molecule has 4 rings (SSSR count). The summed E-state index contributed by atoms with van der Waals surface area (Å²) in [5, 5.41) is 4.77. The van der Waals surface area contributed by atoms with Crippen LogP contribution in [0, 0.1) is 0 Å². The molecule has 2 fully saturated rings. The molecule has 0 saturated carbocycles. The standard InChI is InChI=1S/C23H28N4O3S/c1-17(2)24-20(28)15-26-16-27(18-7-4-3-5-8-18)23(22(26)30)10-12-25(13-11-23)21(29)19-9-6-14-31-19/h3-9,14,17H,10-13,15-16H2,1-2H3,(H,24,28). The summed E-state index contributed by atoms with van der Waals surface area (Å²) in [5.74, 6) is -0.160. The third-order valence-electron chi connectivity index (χ3n) is 5.98. The Kier molecular flexibility index (Phi) is 6.00. The second-order valence-corrected chi connectivity index (χ2v) is 9.38. The quantitative estimate of drug-likeness (QED) is 0.776. The summed E-state index contributed by atoms with van der Waals surface area (Å²) in [5.41, 5.74) is 0.228. The van der Waals surface area contributed by atoms with Gasteiger partial charge in [0.05, 0.1) is 11.5 Å². The van der Waals surface area contributed by atoms with Gasteiger partial charge in [-0.25, -0.2) is 0 Å². The Hall–Kier alpha value is -2.87. The number of hydrogen-bond acceptors (Lipinski definition) is 5. The van der Waals surface area contributed by atoms with E-state index in [4.69, 9.17) is 0 Å². The van der Waals surface area contributed by atoms with Gasteiger partial charge in [-0.3, -0.25) is 14.4 Å². The molecule has 8 heteroatoms. The number of nitrogens with one attached hydrogen (secondary N) is 1. The molecule has 0 atom stereocenters. The fourth-order valence-electron chi connectivity index (χ4n) is 4.50. The number of benzene rings is 1. The van der Waals surface area contributed by atoms with E-state index in [0.717, 1.165) is 10.6 Å². The van der Waals surface area contributed by atoms with Crippen molar-refractivity contribution in [1.29, 1.82) is 0 Å². The van der Waals surface area contributed by atoms with E-state index in [2.05, 4.69) is 10.2 Å². The van der Waals surface area contributed by atoms with Gasteiger partial charge in [0.15, 0.2) is 0 Å². The van der Waals surface area contributed by atoms with Gasteiger partial charge in [-0.15, -0.1) is 11.3 Å². The van der Waals surface area contributed by atoms with Gasteiger partial charge in [-0.05, 0) is 50.3 Å². The molecular weight excluding hydrogens is 412 g/mol. The molecule has 2 saturated heterocycles. The first-order valence-corrected chi connectivity index (χ1v) is 11.5. The van der Waals surface area contributed by atoms with Crippen molar-refractivity contribution in [3.05, 3.63) is 52.7 Å². The number of piperidine rings is 1. The van der Waals surface area contributed by atoms with Crippen molar-refractivity contribution in [3.63, 3.8) is 0 Å². The second kappa shape index (κ2) is 8.70. The molecule has 0 bridgehead atoms. The van der Waals surface area contributed by atoms with Crippen LogP contribution in [0.3, 0.4) is 0 Å². The zero-order valence-corrected chi connectivity index (χ0v) is 18.7. The van der Waals surface area contributed by atoms with Gasteiger partial charge in [0.25, 0.3) is 11.8 Å². The van der Waals surface area contributed by atoms with E-state index in [0.29, 0.717) is 32.6 Å². The molecule has 1 aromatic carbocycles. The number of carbonyl (C=O) groups excluding carboxylic acids is 3. The van der Waals surface area contributed by atoms with Gasteiger partial charge < -0.3 is 20.0 Å². The number of thiophene rings is 1. The number of nitrogens with zero attached hydrogens (tertiary/aromatic N) is 3. The van der Waals surface area contributed by atoms with Gasteiger partial charge in [0.1, 0.15) is 12.1 Å². The van der Waals surface area contributed by atoms with E-state index in [1.165, 1.54) is 11.3 Å². The summed E-state index contributed by atoms with van der Waals surface area (Å²) in [6.07, 6.45) is 1.08. The number of carbonyl (C=O) groups is 3. The molecule has 3 heterocycles. The Balaban J connectivity index is 1.55. The van der Waals surface area contributed by atoms with Crippen molar-refractivity contribution in [2.45, 2.75) is 38.3 Å². The SMILES string of the molecule is CC(C)NC(=O)CN1CN(c2ccccc2)C2(CCN(C(=O)c3cccs3)CC2)C1=O. The molecule has 0 unspecified atom stereocenters. The van der Waals surface area contributed by atoms with Crippen molar-refractivity contribution in [3.8, 4) is 0 Å². The van der Waals surface area contributed by atoms with Gasteiger partial charge in [0.2, 0.25) is 5.91 Å². The minimum absolute atomic E-state index is 0.0229. The van der Waals surface area contributed by atoms with Gasteiger partial charge in [-0.2, -0.15) is 0 Å². The number of hydrogen-bond donors (Lipinski definition) is 1. The van der Waals surface area contributed by atoms with E-state index >= 15 is 0 Å². The molecule has 31 heavy (non-hydrogen) atoms. The number of para-hydroxylation sites is 1. The first-order chi connectivity index (χ1) is 14.9. The minimum Gasteiger partial charge on any atom is -0.352 e. The third-order valence-corrected chi connectivity index (χ3v) is 6.83. The van der Waals surface area contributed by atoms with Gasteiger partial charge in [-0.1, -0.05) is 24.3 Å². The van der Waals surface area contributed by atoms with Crippen LogP contribution in [0.2, 0.25) is 0 Å². The van der Waals surface area contributed by atoms with Crippen molar-refractivity contribution < 1.29 is 14.4 Å². The highest BCUT2D eigenvalue weighted by atomic mass is 32.1. The van der Waals surface area contributed by atoms with Crippen LogP contribution in [-0.4, -0.2) is 65.4 Å². The molecule has 7 nitrogen and oxygen atoms in total. The summed E-state index contributed by atoms with van der Waals surface area (Å²) < 4.78 is 0. The fraction of sp³-hybridized carbons (Fsp3) is 0.435. The predicted molar refractivity (Wildman–Crippen MR) is 121 cm³/mol. The van der Waals surface area contributed by atoms with E-state index in [9.17, 15) is 14.4 Å². The summed E-state index contributed by atoms with van der Waals surface area (Å²) >= 11 is 1.44. The van der Waals surface area contributed by atoms with Crippen LogP contribution >= 0.6 is 11.3 Å². The van der Waals surface area contributed by atoms with Gasteiger partial charge in [0, 0.05) is 24.8 Å². The average Bonchev–Trinajstić information content (AvgIpc) is 3.38. The molecule has 2 aliphatic heterocycles. The molecule has 0 radical (unpaired) electrons. The Morgan fingerprint density at radius 2 is 1.81 bits per heavy atom. The maximum Gasteiger partial charge on any atom is 0.263 e. The Bertz CT molecular complexity index is 937. The molecule has 2 aromatic rings. The highest BCUT2D eigenvalue weighted by Crippen LogP contribution is 2.39. The molecular formula is C23H28N4O3S. The normalized spacial score (nSPS) is 18.2. The molecule has 2 aliphatic rings. The first-order valence-electron chi connectivity index (χ1n) is 10.6. The molecule has 1 spiro atoms. The zero-order valence-electron chi connectivity index (χ0n) is 17.9. The van der Waals surface area contributed by atoms with Crippen LogP contribution in [0.1, 0.15) is 36.4 Å². The minimum atomic E-state index is -0.730. The summed E-state index contributed by atoms with van der Waals surface area (Å²) in [7, 11) is 0. The molecule has 0 aliphatic carbocycles. The van der Waals surface area contributed by atoms with Crippen molar-refractivity contribution >= 4 is 34.7 Å². The van der Waals surface area contributed by atoms with Crippen LogP contribution < -0.4 is 10.2 Å². The second-order valence-electron chi connectivity index (χ2n) is 8.43. The predicted octanol–water partition coefficient (Wildman–Crippen LogP) is 2.55. The van der Waals surface area contributed by atoms with E-state index in [1.807, 2.05) is 66.6 Å². The lowest BCUT2D eigenvalue weighted by Crippen LogP contribution is -2.57. The van der Waals surface area contributed by atoms with E-state index < -0.39 is 5.54 Å². The lowest BCUT2D eigenvalue weighted by Gasteiger charge is -2.43.